The molecule has 1 saturated heterocycles. The highest BCUT2D eigenvalue weighted by Crippen LogP contribution is 2.28. The third kappa shape index (κ3) is 3.21. The lowest BCUT2D eigenvalue weighted by molar-refractivity contribution is 0.0844. The predicted molar refractivity (Wildman–Crippen MR) is 75.4 cm³/mol. The molecule has 112 valence electrons. The third-order valence-electron chi connectivity index (χ3n) is 3.70. The third-order valence-corrected chi connectivity index (χ3v) is 3.70. The summed E-state index contributed by atoms with van der Waals surface area (Å²) in [6, 6.07) is 4.01. The van der Waals surface area contributed by atoms with E-state index >= 15 is 0 Å². The summed E-state index contributed by atoms with van der Waals surface area (Å²) >= 11 is 0. The van der Waals surface area contributed by atoms with Gasteiger partial charge >= 0.3 is 0 Å². The minimum Gasteiger partial charge on any atom is -0.495 e. The molecule has 3 rings (SSSR count). The van der Waals surface area contributed by atoms with Crippen molar-refractivity contribution in [3.05, 3.63) is 35.3 Å². The molecular weight excluding hydrogens is 270 g/mol. The molecule has 0 saturated carbocycles. The Balaban J connectivity index is 1.85. The van der Waals surface area contributed by atoms with Crippen LogP contribution in [0.3, 0.4) is 0 Å². The maximum absolute atomic E-state index is 5.43. The van der Waals surface area contributed by atoms with E-state index in [9.17, 15) is 0 Å². The molecule has 1 fully saturated rings. The van der Waals surface area contributed by atoms with Crippen LogP contribution >= 0.6 is 0 Å². The molecule has 3 heterocycles. The molecule has 1 aliphatic rings. The van der Waals surface area contributed by atoms with Gasteiger partial charge < -0.3 is 13.9 Å². The fourth-order valence-corrected chi connectivity index (χ4v) is 2.59. The molecule has 1 aliphatic heterocycles. The average Bonchev–Trinajstić information content (AvgIpc) is 2.93. The maximum atomic E-state index is 5.43. The SMILES string of the molecule is COc1ccc(C2CCOCC2)nc1Cc1nnc(C)o1. The quantitative estimate of drug-likeness (QED) is 0.860. The molecule has 0 spiro atoms. The van der Waals surface area contributed by atoms with E-state index in [1.54, 1.807) is 14.0 Å². The molecule has 0 amide bonds. The van der Waals surface area contributed by atoms with Gasteiger partial charge in [0.15, 0.2) is 0 Å². The molecule has 0 unspecified atom stereocenters. The number of hydrogen-bond acceptors (Lipinski definition) is 6. The van der Waals surface area contributed by atoms with E-state index in [-0.39, 0.29) is 0 Å². The van der Waals surface area contributed by atoms with Crippen molar-refractivity contribution in [1.29, 1.82) is 0 Å². The van der Waals surface area contributed by atoms with Crippen LogP contribution in [-0.2, 0) is 11.2 Å². The van der Waals surface area contributed by atoms with E-state index < -0.39 is 0 Å². The maximum Gasteiger partial charge on any atom is 0.222 e. The van der Waals surface area contributed by atoms with Gasteiger partial charge in [0.1, 0.15) is 5.75 Å². The number of methoxy groups -OCH3 is 1. The van der Waals surface area contributed by atoms with E-state index in [1.165, 1.54) is 0 Å². The number of pyridine rings is 1. The van der Waals surface area contributed by atoms with Gasteiger partial charge in [-0.25, -0.2) is 0 Å². The summed E-state index contributed by atoms with van der Waals surface area (Å²) in [4.78, 5) is 4.76. The first kappa shape index (κ1) is 14.0. The van der Waals surface area contributed by atoms with Crippen molar-refractivity contribution in [2.24, 2.45) is 0 Å². The topological polar surface area (TPSA) is 70.3 Å². The molecule has 0 atom stereocenters. The number of aryl methyl sites for hydroxylation is 1. The first-order chi connectivity index (χ1) is 10.3. The summed E-state index contributed by atoms with van der Waals surface area (Å²) in [5, 5.41) is 7.88. The number of ether oxygens (including phenoxy) is 2. The summed E-state index contributed by atoms with van der Waals surface area (Å²) in [5.41, 5.74) is 1.93. The van der Waals surface area contributed by atoms with Crippen LogP contribution in [0.5, 0.6) is 5.75 Å². The standard InChI is InChI=1S/C15H19N3O3/c1-10-17-18-15(21-10)9-13-14(19-2)4-3-12(16-13)11-5-7-20-8-6-11/h3-4,11H,5-9H2,1-2H3. The lowest BCUT2D eigenvalue weighted by Crippen LogP contribution is -2.15. The van der Waals surface area contributed by atoms with Crippen LogP contribution < -0.4 is 4.74 Å². The zero-order valence-corrected chi connectivity index (χ0v) is 12.3. The van der Waals surface area contributed by atoms with Gasteiger partial charge in [-0.2, -0.15) is 0 Å². The van der Waals surface area contributed by atoms with E-state index in [2.05, 4.69) is 10.2 Å². The summed E-state index contributed by atoms with van der Waals surface area (Å²) < 4.78 is 16.2. The molecule has 0 N–H and O–H groups in total. The number of rotatable bonds is 4. The van der Waals surface area contributed by atoms with E-state index in [0.29, 0.717) is 24.1 Å². The highest BCUT2D eigenvalue weighted by molar-refractivity contribution is 5.32. The van der Waals surface area contributed by atoms with E-state index in [4.69, 9.17) is 18.9 Å². The zero-order valence-electron chi connectivity index (χ0n) is 12.3. The molecule has 2 aromatic rings. The molecule has 2 aromatic heterocycles. The summed E-state index contributed by atoms with van der Waals surface area (Å²) in [7, 11) is 1.65. The van der Waals surface area contributed by atoms with E-state index in [1.807, 2.05) is 12.1 Å². The summed E-state index contributed by atoms with van der Waals surface area (Å²) in [5.74, 6) is 2.32. The largest absolute Gasteiger partial charge is 0.495 e. The molecule has 6 heteroatoms. The molecule has 0 aromatic carbocycles. The fraction of sp³-hybridized carbons (Fsp3) is 0.533. The van der Waals surface area contributed by atoms with Crippen molar-refractivity contribution in [2.75, 3.05) is 20.3 Å². The minimum atomic E-state index is 0.452. The zero-order chi connectivity index (χ0) is 14.7. The second-order valence-corrected chi connectivity index (χ2v) is 5.16. The summed E-state index contributed by atoms with van der Waals surface area (Å²) in [6.45, 7) is 3.38. The Morgan fingerprint density at radius 2 is 2.05 bits per heavy atom. The van der Waals surface area contributed by atoms with Crippen LogP contribution in [0.15, 0.2) is 16.5 Å². The van der Waals surface area contributed by atoms with Gasteiger partial charge in [-0.1, -0.05) is 0 Å². The molecule has 0 aliphatic carbocycles. The Kier molecular flexibility index (Phi) is 4.15. The molecule has 21 heavy (non-hydrogen) atoms. The molecule has 0 bridgehead atoms. The lowest BCUT2D eigenvalue weighted by Gasteiger charge is -2.22. The van der Waals surface area contributed by atoms with Gasteiger partial charge in [-0.15, -0.1) is 10.2 Å². The van der Waals surface area contributed by atoms with Crippen molar-refractivity contribution in [1.82, 2.24) is 15.2 Å². The van der Waals surface area contributed by atoms with Crippen LogP contribution in [0.1, 0.15) is 41.9 Å². The molecule has 6 nitrogen and oxygen atoms in total. The fourth-order valence-electron chi connectivity index (χ4n) is 2.59. The monoisotopic (exact) mass is 289 g/mol. The van der Waals surface area contributed by atoms with Crippen LogP contribution in [0, 0.1) is 6.92 Å². The van der Waals surface area contributed by atoms with Crippen LogP contribution in [-0.4, -0.2) is 35.5 Å². The molecular formula is C15H19N3O3. The van der Waals surface area contributed by atoms with Crippen molar-refractivity contribution < 1.29 is 13.9 Å². The number of nitrogens with zero attached hydrogens (tertiary/aromatic N) is 3. The van der Waals surface area contributed by atoms with Gasteiger partial charge in [-0.3, -0.25) is 4.98 Å². The summed E-state index contributed by atoms with van der Waals surface area (Å²) in [6.07, 6.45) is 2.51. The van der Waals surface area contributed by atoms with Gasteiger partial charge in [0.25, 0.3) is 0 Å². The van der Waals surface area contributed by atoms with Gasteiger partial charge in [-0.05, 0) is 25.0 Å². The van der Waals surface area contributed by atoms with Crippen LogP contribution in [0.2, 0.25) is 0 Å². The van der Waals surface area contributed by atoms with Crippen LogP contribution in [0.4, 0.5) is 0 Å². The van der Waals surface area contributed by atoms with Crippen molar-refractivity contribution >= 4 is 0 Å². The first-order valence-electron chi connectivity index (χ1n) is 7.17. The highest BCUT2D eigenvalue weighted by atomic mass is 16.5. The second-order valence-electron chi connectivity index (χ2n) is 5.16. The Morgan fingerprint density at radius 1 is 1.24 bits per heavy atom. The average molecular weight is 289 g/mol. The Morgan fingerprint density at radius 3 is 2.71 bits per heavy atom. The number of hydrogen-bond donors (Lipinski definition) is 0. The Bertz CT molecular complexity index is 606. The van der Waals surface area contributed by atoms with Crippen molar-refractivity contribution in [3.8, 4) is 5.75 Å². The van der Waals surface area contributed by atoms with E-state index in [0.717, 1.165) is 43.2 Å². The first-order valence-corrected chi connectivity index (χ1v) is 7.17. The highest BCUT2D eigenvalue weighted by Gasteiger charge is 2.19. The second kappa shape index (κ2) is 6.22. The van der Waals surface area contributed by atoms with Crippen molar-refractivity contribution in [2.45, 2.75) is 32.1 Å². The minimum absolute atomic E-state index is 0.452. The predicted octanol–water partition coefficient (Wildman–Crippen LogP) is 2.27. The Labute approximate surface area is 123 Å². The smallest absolute Gasteiger partial charge is 0.222 e. The molecule has 0 radical (unpaired) electrons. The number of aromatic nitrogens is 3. The van der Waals surface area contributed by atoms with Gasteiger partial charge in [0.2, 0.25) is 11.8 Å². The van der Waals surface area contributed by atoms with Gasteiger partial charge in [0, 0.05) is 31.7 Å². The normalized spacial score (nSPS) is 16.1. The Hall–Kier alpha value is -1.95. The lowest BCUT2D eigenvalue weighted by atomic mass is 9.95. The van der Waals surface area contributed by atoms with Crippen molar-refractivity contribution in [3.63, 3.8) is 0 Å². The van der Waals surface area contributed by atoms with Gasteiger partial charge in [0.05, 0.1) is 19.2 Å². The van der Waals surface area contributed by atoms with Crippen LogP contribution in [0.25, 0.3) is 0 Å².